The van der Waals surface area contributed by atoms with Gasteiger partial charge in [0.1, 0.15) is 0 Å². The summed E-state index contributed by atoms with van der Waals surface area (Å²) >= 11 is 3.32. The van der Waals surface area contributed by atoms with Crippen LogP contribution in [-0.2, 0) is 4.79 Å². The van der Waals surface area contributed by atoms with Crippen molar-refractivity contribution in [3.63, 3.8) is 0 Å². The van der Waals surface area contributed by atoms with Crippen LogP contribution < -0.4 is 4.90 Å². The van der Waals surface area contributed by atoms with Crippen molar-refractivity contribution in [3.8, 4) is 0 Å². The second-order valence-corrected chi connectivity index (χ2v) is 6.25. The number of fused-ring (bicyclic) bond motifs is 1. The summed E-state index contributed by atoms with van der Waals surface area (Å²) in [5.74, 6) is 0.848. The molecule has 0 spiro atoms. The Kier molecular flexibility index (Phi) is 4.72. The van der Waals surface area contributed by atoms with E-state index < -0.39 is 5.97 Å². The van der Waals surface area contributed by atoms with Gasteiger partial charge < -0.3 is 10.0 Å². The zero-order chi connectivity index (χ0) is 14.7. The van der Waals surface area contributed by atoms with Crippen molar-refractivity contribution >= 4 is 45.9 Å². The molecule has 2 aromatic rings. The summed E-state index contributed by atoms with van der Waals surface area (Å²) in [7, 11) is 1.99. The smallest absolute Gasteiger partial charge is 0.328 e. The van der Waals surface area contributed by atoms with E-state index in [1.807, 2.05) is 23.0 Å². The van der Waals surface area contributed by atoms with Gasteiger partial charge in [0.15, 0.2) is 10.8 Å². The van der Waals surface area contributed by atoms with Crippen LogP contribution in [0.2, 0.25) is 0 Å². The summed E-state index contributed by atoms with van der Waals surface area (Å²) in [6.45, 7) is 2.13. The summed E-state index contributed by atoms with van der Waals surface area (Å²) in [4.78, 5) is 18.3. The first-order valence-corrected chi connectivity index (χ1v) is 8.40. The number of aliphatic carboxylic acids is 1. The molecule has 0 bridgehead atoms. The lowest BCUT2D eigenvalue weighted by atomic mass is 10.3. The van der Waals surface area contributed by atoms with E-state index >= 15 is 0 Å². The fourth-order valence-corrected chi connectivity index (χ4v) is 3.34. The highest BCUT2D eigenvalue weighted by atomic mass is 32.2. The minimum atomic E-state index is -0.957. The van der Waals surface area contributed by atoms with E-state index in [1.165, 1.54) is 11.3 Å². The lowest BCUT2D eigenvalue weighted by Gasteiger charge is -2.24. The minimum Gasteiger partial charge on any atom is -0.478 e. The molecule has 0 amide bonds. The van der Waals surface area contributed by atoms with Crippen LogP contribution in [0.25, 0.3) is 11.0 Å². The summed E-state index contributed by atoms with van der Waals surface area (Å²) in [6.07, 6.45) is 6.73. The van der Waals surface area contributed by atoms with E-state index in [-0.39, 0.29) is 0 Å². The first kappa shape index (κ1) is 14.9. The van der Waals surface area contributed by atoms with E-state index in [9.17, 15) is 4.79 Å². The summed E-state index contributed by atoms with van der Waals surface area (Å²) < 4.78 is 1.92. The van der Waals surface area contributed by atoms with Crippen LogP contribution in [0.15, 0.2) is 17.7 Å². The van der Waals surface area contributed by atoms with Crippen LogP contribution in [0.4, 0.5) is 5.82 Å². The van der Waals surface area contributed by atoms with Crippen molar-refractivity contribution in [2.24, 2.45) is 0 Å². The molecule has 1 unspecified atom stereocenters. The Morgan fingerprint density at radius 1 is 1.70 bits per heavy atom. The highest BCUT2D eigenvalue weighted by Gasteiger charge is 2.18. The molecule has 0 aliphatic carbocycles. The zero-order valence-electron chi connectivity index (χ0n) is 11.6. The van der Waals surface area contributed by atoms with Crippen molar-refractivity contribution in [1.82, 2.24) is 9.38 Å². The lowest BCUT2D eigenvalue weighted by Crippen LogP contribution is -2.31. The molecule has 2 rings (SSSR count). The van der Waals surface area contributed by atoms with Crippen molar-refractivity contribution < 1.29 is 9.90 Å². The third-order valence-corrected chi connectivity index (χ3v) is 4.64. The molecule has 108 valence electrons. The zero-order valence-corrected chi connectivity index (χ0v) is 13.2. The number of carbonyl (C=O) groups is 1. The van der Waals surface area contributed by atoms with E-state index in [0.29, 0.717) is 6.04 Å². The van der Waals surface area contributed by atoms with Crippen molar-refractivity contribution in [2.75, 3.05) is 24.0 Å². The number of hydrogen-bond donors (Lipinski definition) is 1. The van der Waals surface area contributed by atoms with Crippen LogP contribution in [0.5, 0.6) is 0 Å². The SMILES string of the molecule is CSCC(C)N(C)c1nc2sccn2c1/C=C/C(=O)O. The molecule has 1 atom stereocenters. The predicted octanol–water partition coefficient (Wildman–Crippen LogP) is 2.68. The number of anilines is 1. The average molecular weight is 311 g/mol. The largest absolute Gasteiger partial charge is 0.478 e. The number of aromatic nitrogens is 2. The summed E-state index contributed by atoms with van der Waals surface area (Å²) in [5.41, 5.74) is 0.805. The first-order valence-electron chi connectivity index (χ1n) is 6.13. The Labute approximate surface area is 125 Å². The number of hydrogen-bond acceptors (Lipinski definition) is 5. The molecule has 20 heavy (non-hydrogen) atoms. The molecule has 0 aliphatic rings. The van der Waals surface area contributed by atoms with Crippen LogP contribution in [0, 0.1) is 0 Å². The molecular weight excluding hydrogens is 294 g/mol. The van der Waals surface area contributed by atoms with Crippen molar-refractivity contribution in [2.45, 2.75) is 13.0 Å². The van der Waals surface area contributed by atoms with Gasteiger partial charge in [-0.15, -0.1) is 11.3 Å². The lowest BCUT2D eigenvalue weighted by molar-refractivity contribution is -0.131. The van der Waals surface area contributed by atoms with E-state index in [0.717, 1.165) is 28.3 Å². The molecule has 0 fully saturated rings. The molecule has 0 saturated heterocycles. The number of imidazole rings is 1. The number of carboxylic acids is 1. The van der Waals surface area contributed by atoms with E-state index in [2.05, 4.69) is 23.1 Å². The molecule has 0 aromatic carbocycles. The summed E-state index contributed by atoms with van der Waals surface area (Å²) in [6, 6.07) is 0.326. The molecule has 1 N–H and O–H groups in total. The van der Waals surface area contributed by atoms with Crippen LogP contribution in [-0.4, -0.2) is 45.6 Å². The topological polar surface area (TPSA) is 57.8 Å². The summed E-state index contributed by atoms with van der Waals surface area (Å²) in [5, 5.41) is 10.8. The standard InChI is InChI=1S/C13H17N3O2S2/c1-9(8-19-3)15(2)12-10(4-5-11(17)18)16-6-7-20-13(16)14-12/h4-7,9H,8H2,1-3H3,(H,17,18)/b5-4+. The maximum Gasteiger partial charge on any atom is 0.328 e. The number of rotatable bonds is 6. The maximum absolute atomic E-state index is 10.8. The first-order chi connectivity index (χ1) is 9.54. The van der Waals surface area contributed by atoms with Crippen LogP contribution in [0.3, 0.4) is 0 Å². The van der Waals surface area contributed by atoms with Crippen LogP contribution >= 0.6 is 23.1 Å². The van der Waals surface area contributed by atoms with Gasteiger partial charge in [0.2, 0.25) is 0 Å². The molecular formula is C13H17N3O2S2. The third kappa shape index (κ3) is 2.99. The number of thioether (sulfide) groups is 1. The highest BCUT2D eigenvalue weighted by Crippen LogP contribution is 2.26. The van der Waals surface area contributed by atoms with Crippen molar-refractivity contribution in [1.29, 1.82) is 0 Å². The quantitative estimate of drug-likeness (QED) is 0.831. The molecule has 0 saturated carbocycles. The molecule has 0 aliphatic heterocycles. The molecule has 0 radical (unpaired) electrons. The molecule has 5 nitrogen and oxygen atoms in total. The van der Waals surface area contributed by atoms with Gasteiger partial charge in [-0.2, -0.15) is 11.8 Å². The minimum absolute atomic E-state index is 0.326. The Morgan fingerprint density at radius 2 is 2.45 bits per heavy atom. The van der Waals surface area contributed by atoms with Gasteiger partial charge in [-0.25, -0.2) is 9.78 Å². The highest BCUT2D eigenvalue weighted by molar-refractivity contribution is 7.98. The Morgan fingerprint density at radius 3 is 3.10 bits per heavy atom. The van der Waals surface area contributed by atoms with Gasteiger partial charge in [0.05, 0.1) is 5.69 Å². The Bertz CT molecular complexity index is 633. The Balaban J connectivity index is 2.43. The van der Waals surface area contributed by atoms with Gasteiger partial charge >= 0.3 is 5.97 Å². The molecule has 2 aromatic heterocycles. The van der Waals surface area contributed by atoms with Gasteiger partial charge in [-0.05, 0) is 19.3 Å². The van der Waals surface area contributed by atoms with Gasteiger partial charge in [-0.1, -0.05) is 0 Å². The monoisotopic (exact) mass is 311 g/mol. The van der Waals surface area contributed by atoms with E-state index in [1.54, 1.807) is 17.8 Å². The number of nitrogens with zero attached hydrogens (tertiary/aromatic N) is 3. The second kappa shape index (κ2) is 6.32. The number of carboxylic acid groups (broad SMARTS) is 1. The van der Waals surface area contributed by atoms with Gasteiger partial charge in [0, 0.05) is 36.5 Å². The van der Waals surface area contributed by atoms with Crippen LogP contribution in [0.1, 0.15) is 12.6 Å². The predicted molar refractivity (Wildman–Crippen MR) is 86.0 cm³/mol. The fraction of sp³-hybridized carbons (Fsp3) is 0.385. The third-order valence-electron chi connectivity index (χ3n) is 3.07. The Hall–Kier alpha value is -1.47. The van der Waals surface area contributed by atoms with Gasteiger partial charge in [0.25, 0.3) is 0 Å². The van der Waals surface area contributed by atoms with E-state index in [4.69, 9.17) is 5.11 Å². The van der Waals surface area contributed by atoms with Crippen molar-refractivity contribution in [3.05, 3.63) is 23.3 Å². The second-order valence-electron chi connectivity index (χ2n) is 4.46. The fourth-order valence-electron chi connectivity index (χ4n) is 1.92. The molecule has 2 heterocycles. The normalized spacial score (nSPS) is 13.2. The molecule has 7 heteroatoms. The maximum atomic E-state index is 10.8. The number of thiazole rings is 1. The van der Waals surface area contributed by atoms with Gasteiger partial charge in [-0.3, -0.25) is 4.40 Å². The average Bonchev–Trinajstić information content (AvgIpc) is 2.96.